The molecule has 128 valence electrons. The van der Waals surface area contributed by atoms with Gasteiger partial charge in [0, 0.05) is 24.7 Å². The van der Waals surface area contributed by atoms with E-state index in [0.717, 1.165) is 6.54 Å². The van der Waals surface area contributed by atoms with E-state index in [4.69, 9.17) is 5.73 Å². The van der Waals surface area contributed by atoms with Crippen LogP contribution in [0.2, 0.25) is 0 Å². The third-order valence-corrected chi connectivity index (χ3v) is 4.51. The molecule has 0 aromatic heterocycles. The minimum atomic E-state index is 0.170. The molecule has 0 radical (unpaired) electrons. The molecule has 0 fully saturated rings. The molecule has 2 heteroatoms. The monoisotopic (exact) mass is 298 g/mol. The first kappa shape index (κ1) is 20.9. The fraction of sp³-hybridized carbons (Fsp3) is 1.00. The van der Waals surface area contributed by atoms with E-state index < -0.39 is 0 Å². The summed E-state index contributed by atoms with van der Waals surface area (Å²) in [6, 6.07) is 0.661. The summed E-state index contributed by atoms with van der Waals surface area (Å²) in [5.41, 5.74) is 6.56. The van der Waals surface area contributed by atoms with Gasteiger partial charge in [-0.25, -0.2) is 0 Å². The van der Waals surface area contributed by atoms with Crippen molar-refractivity contribution in [1.29, 1.82) is 0 Å². The number of hydrogen-bond donors (Lipinski definition) is 1. The number of hydrogen-bond acceptors (Lipinski definition) is 2. The topological polar surface area (TPSA) is 29.3 Å². The van der Waals surface area contributed by atoms with E-state index in [2.05, 4.69) is 60.3 Å². The van der Waals surface area contributed by atoms with E-state index in [9.17, 15) is 0 Å². The highest BCUT2D eigenvalue weighted by atomic mass is 15.2. The van der Waals surface area contributed by atoms with Gasteiger partial charge in [-0.2, -0.15) is 0 Å². The molecule has 0 spiro atoms. The van der Waals surface area contributed by atoms with Crippen molar-refractivity contribution >= 4 is 0 Å². The Kier molecular flexibility index (Phi) is 9.80. The molecule has 0 rings (SSSR count). The van der Waals surface area contributed by atoms with Gasteiger partial charge in [-0.3, -0.25) is 4.90 Å². The minimum Gasteiger partial charge on any atom is -0.329 e. The molecule has 0 amide bonds. The fourth-order valence-corrected chi connectivity index (χ4v) is 3.97. The molecule has 0 bridgehead atoms. The van der Waals surface area contributed by atoms with E-state index in [1.807, 2.05) is 0 Å². The summed E-state index contributed by atoms with van der Waals surface area (Å²) in [6.45, 7) is 20.6. The fourth-order valence-electron chi connectivity index (χ4n) is 3.97. The molecular formula is C19H42N2. The Morgan fingerprint density at radius 1 is 0.810 bits per heavy atom. The zero-order valence-electron chi connectivity index (χ0n) is 16.1. The molecule has 0 atom stereocenters. The van der Waals surface area contributed by atoms with Crippen LogP contribution in [-0.4, -0.2) is 29.6 Å². The van der Waals surface area contributed by atoms with Crippen molar-refractivity contribution < 1.29 is 0 Å². The predicted octanol–water partition coefficient (Wildman–Crippen LogP) is 4.92. The second-order valence-corrected chi connectivity index (χ2v) is 8.14. The average molecular weight is 299 g/mol. The molecule has 0 aliphatic carbocycles. The van der Waals surface area contributed by atoms with Crippen molar-refractivity contribution in [3.8, 4) is 0 Å². The highest BCUT2D eigenvalue weighted by molar-refractivity contribution is 4.96. The average Bonchev–Trinajstić information content (AvgIpc) is 2.36. The zero-order chi connectivity index (χ0) is 16.6. The summed E-state index contributed by atoms with van der Waals surface area (Å²) in [6.07, 6.45) is 4.87. The maximum Gasteiger partial charge on any atom is 0.0339 e. The third-order valence-electron chi connectivity index (χ3n) is 4.51. The van der Waals surface area contributed by atoms with E-state index in [-0.39, 0.29) is 5.54 Å². The molecule has 21 heavy (non-hydrogen) atoms. The quantitative estimate of drug-likeness (QED) is 0.586. The maximum absolute atomic E-state index is 6.39. The Hall–Kier alpha value is -0.0800. The standard InChI is InChI=1S/C19H42N2/c1-9-18(10-2)21(13-17(7)8)19(14-20,11-15(3)4)12-16(5)6/h15-18H,9-14,20H2,1-8H3. The summed E-state index contributed by atoms with van der Waals surface area (Å²) in [4.78, 5) is 2.79. The van der Waals surface area contributed by atoms with E-state index in [1.165, 1.54) is 32.2 Å². The van der Waals surface area contributed by atoms with Crippen LogP contribution in [0, 0.1) is 17.8 Å². The maximum atomic E-state index is 6.39. The Morgan fingerprint density at radius 3 is 1.48 bits per heavy atom. The SMILES string of the molecule is CCC(CC)N(CC(C)C)C(CN)(CC(C)C)CC(C)C. The van der Waals surface area contributed by atoms with Gasteiger partial charge in [0.1, 0.15) is 0 Å². The lowest BCUT2D eigenvalue weighted by molar-refractivity contribution is 0.00277. The second kappa shape index (κ2) is 9.84. The summed E-state index contributed by atoms with van der Waals surface area (Å²) in [5.74, 6) is 2.07. The van der Waals surface area contributed by atoms with Crippen LogP contribution in [0.3, 0.4) is 0 Å². The first-order chi connectivity index (χ1) is 9.72. The van der Waals surface area contributed by atoms with Gasteiger partial charge in [0.2, 0.25) is 0 Å². The lowest BCUT2D eigenvalue weighted by Gasteiger charge is -2.50. The van der Waals surface area contributed by atoms with E-state index in [1.54, 1.807) is 0 Å². The van der Waals surface area contributed by atoms with Crippen molar-refractivity contribution in [2.75, 3.05) is 13.1 Å². The molecule has 0 aromatic rings. The minimum absolute atomic E-state index is 0.170. The molecule has 0 saturated heterocycles. The molecule has 0 saturated carbocycles. The zero-order valence-corrected chi connectivity index (χ0v) is 16.1. The first-order valence-electron chi connectivity index (χ1n) is 9.19. The molecular weight excluding hydrogens is 256 g/mol. The number of nitrogens with two attached hydrogens (primary N) is 1. The van der Waals surface area contributed by atoms with Crippen molar-refractivity contribution in [1.82, 2.24) is 4.90 Å². The lowest BCUT2D eigenvalue weighted by Crippen LogP contribution is -2.59. The number of nitrogens with zero attached hydrogens (tertiary/aromatic N) is 1. The van der Waals surface area contributed by atoms with Crippen molar-refractivity contribution in [2.24, 2.45) is 23.5 Å². The molecule has 0 heterocycles. The van der Waals surface area contributed by atoms with Crippen LogP contribution in [0.25, 0.3) is 0 Å². The van der Waals surface area contributed by atoms with Crippen LogP contribution in [0.5, 0.6) is 0 Å². The van der Waals surface area contributed by atoms with E-state index >= 15 is 0 Å². The largest absolute Gasteiger partial charge is 0.329 e. The Bertz CT molecular complexity index is 244. The van der Waals surface area contributed by atoms with Gasteiger partial charge in [-0.1, -0.05) is 55.4 Å². The second-order valence-electron chi connectivity index (χ2n) is 8.14. The van der Waals surface area contributed by atoms with Crippen molar-refractivity contribution in [3.05, 3.63) is 0 Å². The summed E-state index contributed by atoms with van der Waals surface area (Å²) >= 11 is 0. The summed E-state index contributed by atoms with van der Waals surface area (Å²) in [7, 11) is 0. The predicted molar refractivity (Wildman–Crippen MR) is 96.6 cm³/mol. The van der Waals surface area contributed by atoms with Gasteiger partial charge < -0.3 is 5.73 Å². The lowest BCUT2D eigenvalue weighted by atomic mass is 9.78. The first-order valence-corrected chi connectivity index (χ1v) is 9.19. The number of rotatable bonds is 11. The van der Waals surface area contributed by atoms with Crippen LogP contribution < -0.4 is 5.73 Å². The van der Waals surface area contributed by atoms with Gasteiger partial charge >= 0.3 is 0 Å². The molecule has 2 N–H and O–H groups in total. The van der Waals surface area contributed by atoms with Gasteiger partial charge in [0.15, 0.2) is 0 Å². The van der Waals surface area contributed by atoms with Gasteiger partial charge in [0.25, 0.3) is 0 Å². The smallest absolute Gasteiger partial charge is 0.0339 e. The van der Waals surface area contributed by atoms with Crippen LogP contribution in [-0.2, 0) is 0 Å². The Morgan fingerprint density at radius 2 is 1.24 bits per heavy atom. The van der Waals surface area contributed by atoms with Gasteiger partial charge in [-0.05, 0) is 43.4 Å². The summed E-state index contributed by atoms with van der Waals surface area (Å²) in [5, 5.41) is 0. The Labute approximate surface area is 134 Å². The summed E-state index contributed by atoms with van der Waals surface area (Å²) < 4.78 is 0. The molecule has 0 unspecified atom stereocenters. The van der Waals surface area contributed by atoms with Crippen LogP contribution in [0.1, 0.15) is 81.1 Å². The Balaban J connectivity index is 5.59. The van der Waals surface area contributed by atoms with Gasteiger partial charge in [0.05, 0.1) is 0 Å². The van der Waals surface area contributed by atoms with Crippen LogP contribution >= 0.6 is 0 Å². The highest BCUT2D eigenvalue weighted by Crippen LogP contribution is 2.34. The highest BCUT2D eigenvalue weighted by Gasteiger charge is 2.39. The third kappa shape index (κ3) is 6.69. The normalized spacial score (nSPS) is 13.4. The molecule has 0 aromatic carbocycles. The molecule has 2 nitrogen and oxygen atoms in total. The van der Waals surface area contributed by atoms with Gasteiger partial charge in [-0.15, -0.1) is 0 Å². The van der Waals surface area contributed by atoms with Crippen LogP contribution in [0.4, 0.5) is 0 Å². The van der Waals surface area contributed by atoms with E-state index in [0.29, 0.717) is 23.8 Å². The molecule has 0 aliphatic rings. The molecule has 0 aliphatic heterocycles. The van der Waals surface area contributed by atoms with Crippen LogP contribution in [0.15, 0.2) is 0 Å². The van der Waals surface area contributed by atoms with Crippen molar-refractivity contribution in [2.45, 2.75) is 92.7 Å². The van der Waals surface area contributed by atoms with Crippen molar-refractivity contribution in [3.63, 3.8) is 0 Å².